The van der Waals surface area contributed by atoms with Crippen molar-refractivity contribution >= 4 is 22.6 Å². The molecule has 0 aliphatic heterocycles. The molecular weight excluding hydrogens is 382 g/mol. The highest BCUT2D eigenvalue weighted by atomic mass is 16.3. The van der Waals surface area contributed by atoms with Crippen LogP contribution in [0.1, 0.15) is 43.1 Å². The minimum absolute atomic E-state index is 0.0880. The maximum absolute atomic E-state index is 12.7. The van der Waals surface area contributed by atoms with E-state index in [0.29, 0.717) is 46.1 Å². The van der Waals surface area contributed by atoms with Gasteiger partial charge in [-0.1, -0.05) is 13.8 Å². The minimum atomic E-state index is -0.256. The monoisotopic (exact) mass is 407 g/mol. The standard InChI is InChI=1S/C21H25N7O2/c1-13(2)4-5-23-21(30)17-11-24-19(7-18(17)27-14(3)12-29)28-20-16(10-26-28)6-15(8-22)9-25-20/h6-7,9-11,13-14,29H,4-5,12H2,1-3H3,(H,23,30)(H,24,27)/t14-/m0/s1. The molecule has 9 nitrogen and oxygen atoms in total. The Labute approximate surface area is 174 Å². The highest BCUT2D eigenvalue weighted by molar-refractivity contribution is 5.99. The molecule has 156 valence electrons. The third-order valence-electron chi connectivity index (χ3n) is 4.57. The number of nitrogens with zero attached hydrogens (tertiary/aromatic N) is 5. The molecule has 0 aromatic carbocycles. The Bertz CT molecular complexity index is 1080. The lowest BCUT2D eigenvalue weighted by Gasteiger charge is -2.17. The van der Waals surface area contributed by atoms with Crippen molar-refractivity contribution in [3.05, 3.63) is 41.9 Å². The van der Waals surface area contributed by atoms with Crippen LogP contribution in [-0.4, -0.2) is 50.0 Å². The van der Waals surface area contributed by atoms with Gasteiger partial charge >= 0.3 is 0 Å². The Morgan fingerprint density at radius 1 is 1.23 bits per heavy atom. The van der Waals surface area contributed by atoms with Gasteiger partial charge in [0.05, 0.1) is 29.6 Å². The molecule has 3 aromatic rings. The molecule has 0 aliphatic carbocycles. The first-order chi connectivity index (χ1) is 14.4. The van der Waals surface area contributed by atoms with Gasteiger partial charge in [0, 0.05) is 36.4 Å². The van der Waals surface area contributed by atoms with Gasteiger partial charge < -0.3 is 15.7 Å². The van der Waals surface area contributed by atoms with Gasteiger partial charge in [-0.2, -0.15) is 15.0 Å². The third kappa shape index (κ3) is 4.72. The van der Waals surface area contributed by atoms with E-state index in [-0.39, 0.29) is 18.6 Å². The number of hydrogen-bond acceptors (Lipinski definition) is 7. The number of rotatable bonds is 8. The predicted molar refractivity (Wildman–Crippen MR) is 113 cm³/mol. The second kappa shape index (κ2) is 9.33. The molecule has 3 aromatic heterocycles. The first kappa shape index (κ1) is 21.2. The number of aliphatic hydroxyl groups excluding tert-OH is 1. The van der Waals surface area contributed by atoms with E-state index in [4.69, 9.17) is 5.26 Å². The van der Waals surface area contributed by atoms with Crippen LogP contribution in [0.5, 0.6) is 0 Å². The zero-order chi connectivity index (χ0) is 21.7. The molecule has 0 bridgehead atoms. The third-order valence-corrected chi connectivity index (χ3v) is 4.57. The number of pyridine rings is 2. The molecule has 0 saturated carbocycles. The van der Waals surface area contributed by atoms with Crippen molar-refractivity contribution in [3.8, 4) is 11.9 Å². The number of hydrogen-bond donors (Lipinski definition) is 3. The van der Waals surface area contributed by atoms with Gasteiger partial charge in [-0.3, -0.25) is 4.79 Å². The highest BCUT2D eigenvalue weighted by Crippen LogP contribution is 2.22. The van der Waals surface area contributed by atoms with Crippen molar-refractivity contribution in [1.29, 1.82) is 5.26 Å². The van der Waals surface area contributed by atoms with Gasteiger partial charge in [-0.15, -0.1) is 0 Å². The van der Waals surface area contributed by atoms with Crippen molar-refractivity contribution in [2.24, 2.45) is 5.92 Å². The molecule has 3 N–H and O–H groups in total. The van der Waals surface area contributed by atoms with Gasteiger partial charge in [-0.05, 0) is 25.3 Å². The summed E-state index contributed by atoms with van der Waals surface area (Å²) in [7, 11) is 0. The van der Waals surface area contributed by atoms with Gasteiger partial charge in [-0.25, -0.2) is 9.97 Å². The normalized spacial score (nSPS) is 12.0. The second-order valence-corrected chi connectivity index (χ2v) is 7.56. The molecule has 0 spiro atoms. The molecular formula is C21H25N7O2. The van der Waals surface area contributed by atoms with Crippen LogP contribution in [0.15, 0.2) is 30.7 Å². The molecule has 3 heterocycles. The van der Waals surface area contributed by atoms with Crippen molar-refractivity contribution in [1.82, 2.24) is 25.1 Å². The minimum Gasteiger partial charge on any atom is -0.394 e. The van der Waals surface area contributed by atoms with Crippen LogP contribution in [0.25, 0.3) is 16.9 Å². The maximum Gasteiger partial charge on any atom is 0.254 e. The smallest absolute Gasteiger partial charge is 0.254 e. The zero-order valence-corrected chi connectivity index (χ0v) is 17.3. The summed E-state index contributed by atoms with van der Waals surface area (Å²) in [6.45, 7) is 6.49. The largest absolute Gasteiger partial charge is 0.394 e. The molecule has 1 atom stereocenters. The van der Waals surface area contributed by atoms with Gasteiger partial charge in [0.25, 0.3) is 5.91 Å². The Hall–Kier alpha value is -3.51. The lowest BCUT2D eigenvalue weighted by atomic mass is 10.1. The van der Waals surface area contributed by atoms with E-state index in [1.54, 1.807) is 23.0 Å². The van der Waals surface area contributed by atoms with E-state index in [2.05, 4.69) is 45.6 Å². The van der Waals surface area contributed by atoms with E-state index in [1.165, 1.54) is 12.4 Å². The van der Waals surface area contributed by atoms with E-state index >= 15 is 0 Å². The Kier molecular flexibility index (Phi) is 6.59. The predicted octanol–water partition coefficient (Wildman–Crippen LogP) is 2.26. The van der Waals surface area contributed by atoms with Crippen LogP contribution in [0.3, 0.4) is 0 Å². The summed E-state index contributed by atoms with van der Waals surface area (Å²) < 4.78 is 1.55. The van der Waals surface area contributed by atoms with E-state index in [9.17, 15) is 9.90 Å². The number of fused-ring (bicyclic) bond motifs is 1. The zero-order valence-electron chi connectivity index (χ0n) is 17.3. The lowest BCUT2D eigenvalue weighted by molar-refractivity contribution is 0.0952. The number of amides is 1. The number of nitriles is 1. The van der Waals surface area contributed by atoms with Crippen LogP contribution in [-0.2, 0) is 0 Å². The fraction of sp³-hybridized carbons (Fsp3) is 0.381. The number of anilines is 1. The number of carbonyl (C=O) groups is 1. The Morgan fingerprint density at radius 3 is 2.73 bits per heavy atom. The van der Waals surface area contributed by atoms with Gasteiger partial charge in [0.15, 0.2) is 11.5 Å². The lowest BCUT2D eigenvalue weighted by Crippen LogP contribution is -2.28. The number of aliphatic hydroxyl groups is 1. The van der Waals surface area contributed by atoms with E-state index in [0.717, 1.165) is 6.42 Å². The first-order valence-electron chi connectivity index (χ1n) is 9.82. The summed E-state index contributed by atoms with van der Waals surface area (Å²) in [5.41, 5.74) is 1.93. The highest BCUT2D eigenvalue weighted by Gasteiger charge is 2.17. The summed E-state index contributed by atoms with van der Waals surface area (Å²) >= 11 is 0. The maximum atomic E-state index is 12.7. The Morgan fingerprint density at radius 2 is 2.03 bits per heavy atom. The van der Waals surface area contributed by atoms with Gasteiger partial charge in [0.1, 0.15) is 6.07 Å². The molecule has 0 fully saturated rings. The summed E-state index contributed by atoms with van der Waals surface area (Å²) in [6, 6.07) is 5.21. The Balaban J connectivity index is 1.96. The first-order valence-corrected chi connectivity index (χ1v) is 9.82. The van der Waals surface area contributed by atoms with Crippen molar-refractivity contribution in [2.75, 3.05) is 18.5 Å². The van der Waals surface area contributed by atoms with Crippen LogP contribution in [0, 0.1) is 17.2 Å². The molecule has 0 saturated heterocycles. The fourth-order valence-electron chi connectivity index (χ4n) is 2.89. The van der Waals surface area contributed by atoms with E-state index < -0.39 is 0 Å². The average molecular weight is 407 g/mol. The van der Waals surface area contributed by atoms with Crippen LogP contribution in [0.2, 0.25) is 0 Å². The second-order valence-electron chi connectivity index (χ2n) is 7.56. The van der Waals surface area contributed by atoms with E-state index in [1.807, 2.05) is 6.92 Å². The van der Waals surface area contributed by atoms with Crippen LogP contribution >= 0.6 is 0 Å². The quantitative estimate of drug-likeness (QED) is 0.522. The number of aromatic nitrogens is 4. The number of nitrogens with one attached hydrogen (secondary N) is 2. The summed E-state index contributed by atoms with van der Waals surface area (Å²) in [5.74, 6) is 0.720. The van der Waals surface area contributed by atoms with Crippen molar-refractivity contribution in [2.45, 2.75) is 33.2 Å². The molecule has 30 heavy (non-hydrogen) atoms. The van der Waals surface area contributed by atoms with Crippen LogP contribution < -0.4 is 10.6 Å². The number of carbonyl (C=O) groups excluding carboxylic acids is 1. The molecule has 3 rings (SSSR count). The van der Waals surface area contributed by atoms with Crippen molar-refractivity contribution < 1.29 is 9.90 Å². The SMILES string of the molecule is CC(C)CCNC(=O)c1cnc(-n2ncc3cc(C#N)cnc32)cc1N[C@@H](C)CO. The molecule has 9 heteroatoms. The van der Waals surface area contributed by atoms with Crippen LogP contribution in [0.4, 0.5) is 5.69 Å². The average Bonchev–Trinajstić information content (AvgIpc) is 3.16. The summed E-state index contributed by atoms with van der Waals surface area (Å²) in [5, 5.41) is 29.6. The fourth-order valence-corrected chi connectivity index (χ4v) is 2.89. The topological polar surface area (TPSA) is 129 Å². The van der Waals surface area contributed by atoms with Crippen molar-refractivity contribution in [3.63, 3.8) is 0 Å². The molecule has 0 unspecified atom stereocenters. The molecule has 0 aliphatic rings. The summed E-state index contributed by atoms with van der Waals surface area (Å²) in [6.07, 6.45) is 5.46. The van der Waals surface area contributed by atoms with Gasteiger partial charge in [0.2, 0.25) is 0 Å². The summed E-state index contributed by atoms with van der Waals surface area (Å²) in [4.78, 5) is 21.4. The molecule has 0 radical (unpaired) electrons. The molecule has 1 amide bonds.